The predicted molar refractivity (Wildman–Crippen MR) is 94.9 cm³/mol. The molecule has 6 nitrogen and oxygen atoms in total. The maximum atomic E-state index is 12.3. The van der Waals surface area contributed by atoms with Gasteiger partial charge in [0.15, 0.2) is 0 Å². The number of amides is 1. The molecule has 7 heteroatoms. The third-order valence-corrected chi connectivity index (χ3v) is 6.00. The lowest BCUT2D eigenvalue weighted by atomic mass is 10.0. The van der Waals surface area contributed by atoms with Crippen LogP contribution >= 0.6 is 0 Å². The second kappa shape index (κ2) is 7.11. The lowest BCUT2D eigenvalue weighted by molar-refractivity contribution is 0.0951. The Morgan fingerprint density at radius 1 is 1.42 bits per heavy atom. The molecule has 1 aromatic rings. The van der Waals surface area contributed by atoms with Crippen molar-refractivity contribution in [2.75, 3.05) is 36.7 Å². The molecule has 0 bridgehead atoms. The Hall–Kier alpha value is -1.60. The first-order chi connectivity index (χ1) is 11.4. The highest BCUT2D eigenvalue weighted by Crippen LogP contribution is 2.29. The minimum atomic E-state index is -3.27. The normalized spacial score (nSPS) is 20.7. The van der Waals surface area contributed by atoms with Crippen LogP contribution in [-0.4, -0.2) is 46.8 Å². The van der Waals surface area contributed by atoms with E-state index in [1.54, 1.807) is 12.1 Å². The van der Waals surface area contributed by atoms with Gasteiger partial charge in [-0.3, -0.25) is 9.10 Å². The van der Waals surface area contributed by atoms with Crippen molar-refractivity contribution in [3.05, 3.63) is 29.3 Å². The monoisotopic (exact) mass is 351 g/mol. The number of anilines is 1. The van der Waals surface area contributed by atoms with Crippen molar-refractivity contribution in [2.24, 2.45) is 5.92 Å². The molecule has 0 saturated carbocycles. The van der Waals surface area contributed by atoms with E-state index in [4.69, 9.17) is 0 Å². The first-order valence-corrected chi connectivity index (χ1v) is 10.4. The van der Waals surface area contributed by atoms with E-state index in [0.29, 0.717) is 30.3 Å². The number of nitrogens with one attached hydrogen (secondary N) is 2. The van der Waals surface area contributed by atoms with E-state index in [-0.39, 0.29) is 5.91 Å². The summed E-state index contributed by atoms with van der Waals surface area (Å²) < 4.78 is 25.2. The summed E-state index contributed by atoms with van der Waals surface area (Å²) in [5.74, 6) is 0.567. The van der Waals surface area contributed by atoms with E-state index in [2.05, 4.69) is 10.6 Å². The number of sulfonamides is 1. The van der Waals surface area contributed by atoms with Gasteiger partial charge < -0.3 is 10.6 Å². The van der Waals surface area contributed by atoms with Crippen LogP contribution in [0.5, 0.6) is 0 Å². The molecule has 1 atom stereocenters. The highest BCUT2D eigenvalue weighted by molar-refractivity contribution is 7.92. The average molecular weight is 351 g/mol. The molecule has 1 saturated heterocycles. The number of aryl methyl sites for hydroxylation is 1. The van der Waals surface area contributed by atoms with Crippen molar-refractivity contribution in [2.45, 2.75) is 25.7 Å². The molecule has 132 valence electrons. The zero-order valence-electron chi connectivity index (χ0n) is 14.0. The second-order valence-electron chi connectivity index (χ2n) is 6.69. The molecule has 2 heterocycles. The average Bonchev–Trinajstić information content (AvgIpc) is 3.06. The number of nitrogens with zero attached hydrogens (tertiary/aromatic N) is 1. The molecule has 2 aliphatic rings. The number of carbonyl (C=O) groups excluding carboxylic acids is 1. The van der Waals surface area contributed by atoms with Crippen molar-refractivity contribution in [1.82, 2.24) is 10.6 Å². The molecule has 1 fully saturated rings. The van der Waals surface area contributed by atoms with Crippen LogP contribution in [0, 0.1) is 5.92 Å². The summed E-state index contributed by atoms with van der Waals surface area (Å²) >= 11 is 0. The summed E-state index contributed by atoms with van der Waals surface area (Å²) in [6.45, 7) is 3.29. The number of fused-ring (bicyclic) bond motifs is 1. The fourth-order valence-corrected chi connectivity index (χ4v) is 4.50. The van der Waals surface area contributed by atoms with Gasteiger partial charge in [-0.2, -0.15) is 0 Å². The minimum Gasteiger partial charge on any atom is -0.352 e. The Kier molecular flexibility index (Phi) is 5.10. The van der Waals surface area contributed by atoms with E-state index in [1.165, 1.54) is 17.0 Å². The third-order valence-electron chi connectivity index (χ3n) is 4.82. The molecule has 2 aliphatic heterocycles. The van der Waals surface area contributed by atoms with E-state index < -0.39 is 10.0 Å². The molecule has 3 rings (SSSR count). The molecule has 0 radical (unpaired) electrons. The zero-order valence-corrected chi connectivity index (χ0v) is 14.9. The van der Waals surface area contributed by atoms with Crippen LogP contribution in [0.4, 0.5) is 5.69 Å². The van der Waals surface area contributed by atoms with Gasteiger partial charge in [-0.15, -0.1) is 0 Å². The van der Waals surface area contributed by atoms with Crippen LogP contribution in [0.3, 0.4) is 0 Å². The van der Waals surface area contributed by atoms with Crippen molar-refractivity contribution in [3.8, 4) is 0 Å². The van der Waals surface area contributed by atoms with Gasteiger partial charge in [0.2, 0.25) is 10.0 Å². The predicted octanol–water partition coefficient (Wildman–Crippen LogP) is 1.13. The number of hydrogen-bond acceptors (Lipinski definition) is 4. The minimum absolute atomic E-state index is 0.0831. The Labute approximate surface area is 143 Å². The SMILES string of the molecule is CS(=O)(=O)N1CCCc2cc(C(=O)NCCC3CCNC3)ccc21. The summed E-state index contributed by atoms with van der Waals surface area (Å²) in [5.41, 5.74) is 2.24. The lowest BCUT2D eigenvalue weighted by Crippen LogP contribution is -2.34. The van der Waals surface area contributed by atoms with Gasteiger partial charge in [0, 0.05) is 18.7 Å². The Balaban J connectivity index is 1.65. The van der Waals surface area contributed by atoms with Gasteiger partial charge in [0.1, 0.15) is 0 Å². The molecule has 1 amide bonds. The summed E-state index contributed by atoms with van der Waals surface area (Å²) in [7, 11) is -3.27. The van der Waals surface area contributed by atoms with Gasteiger partial charge in [-0.25, -0.2) is 8.42 Å². The quantitative estimate of drug-likeness (QED) is 0.833. The largest absolute Gasteiger partial charge is 0.352 e. The Morgan fingerprint density at radius 3 is 2.96 bits per heavy atom. The summed E-state index contributed by atoms with van der Waals surface area (Å²) in [4.78, 5) is 12.3. The zero-order chi connectivity index (χ0) is 17.2. The molecule has 0 aliphatic carbocycles. The number of carbonyl (C=O) groups is 1. The van der Waals surface area contributed by atoms with Crippen LogP contribution in [-0.2, 0) is 16.4 Å². The van der Waals surface area contributed by atoms with Crippen molar-refractivity contribution >= 4 is 21.6 Å². The topological polar surface area (TPSA) is 78.5 Å². The molecular formula is C17H25N3O3S. The van der Waals surface area contributed by atoms with Crippen LogP contribution < -0.4 is 14.9 Å². The lowest BCUT2D eigenvalue weighted by Gasteiger charge is -2.29. The van der Waals surface area contributed by atoms with Gasteiger partial charge in [-0.1, -0.05) is 0 Å². The third kappa shape index (κ3) is 3.89. The molecular weight excluding hydrogens is 326 g/mol. The van der Waals surface area contributed by atoms with Gasteiger partial charge in [0.25, 0.3) is 5.91 Å². The van der Waals surface area contributed by atoms with Gasteiger partial charge >= 0.3 is 0 Å². The van der Waals surface area contributed by atoms with E-state index in [9.17, 15) is 13.2 Å². The number of hydrogen-bond donors (Lipinski definition) is 2. The molecule has 0 aromatic heterocycles. The smallest absolute Gasteiger partial charge is 0.251 e. The van der Waals surface area contributed by atoms with Gasteiger partial charge in [-0.05, 0) is 68.5 Å². The molecule has 1 aromatic carbocycles. The van der Waals surface area contributed by atoms with Crippen LogP contribution in [0.1, 0.15) is 35.2 Å². The maximum absolute atomic E-state index is 12.3. The molecule has 2 N–H and O–H groups in total. The highest BCUT2D eigenvalue weighted by atomic mass is 32.2. The summed E-state index contributed by atoms with van der Waals surface area (Å²) in [5, 5.41) is 6.30. The molecule has 1 unspecified atom stereocenters. The second-order valence-corrected chi connectivity index (χ2v) is 8.59. The Morgan fingerprint density at radius 2 is 2.25 bits per heavy atom. The molecule has 0 spiro atoms. The summed E-state index contributed by atoms with van der Waals surface area (Å²) in [6.07, 6.45) is 4.97. The fourth-order valence-electron chi connectivity index (χ4n) is 3.50. The van der Waals surface area contributed by atoms with E-state index >= 15 is 0 Å². The van der Waals surface area contributed by atoms with Crippen molar-refractivity contribution < 1.29 is 13.2 Å². The van der Waals surface area contributed by atoms with Crippen LogP contribution in [0.2, 0.25) is 0 Å². The fraction of sp³-hybridized carbons (Fsp3) is 0.588. The van der Waals surface area contributed by atoms with Crippen molar-refractivity contribution in [1.29, 1.82) is 0 Å². The van der Waals surface area contributed by atoms with Gasteiger partial charge in [0.05, 0.1) is 11.9 Å². The van der Waals surface area contributed by atoms with E-state index in [1.807, 2.05) is 6.07 Å². The number of rotatable bonds is 5. The Bertz CT molecular complexity index is 712. The van der Waals surface area contributed by atoms with Crippen LogP contribution in [0.25, 0.3) is 0 Å². The standard InChI is InChI=1S/C17H25N3O3S/c1-24(22,23)20-10-2-3-14-11-15(4-5-16(14)20)17(21)19-9-7-13-6-8-18-12-13/h4-5,11,13,18H,2-3,6-10,12H2,1H3,(H,19,21). The first kappa shape index (κ1) is 17.2. The summed E-state index contributed by atoms with van der Waals surface area (Å²) in [6, 6.07) is 5.30. The first-order valence-electron chi connectivity index (χ1n) is 8.55. The number of benzene rings is 1. The van der Waals surface area contributed by atoms with E-state index in [0.717, 1.165) is 37.9 Å². The highest BCUT2D eigenvalue weighted by Gasteiger charge is 2.24. The molecule has 24 heavy (non-hydrogen) atoms. The maximum Gasteiger partial charge on any atom is 0.251 e. The van der Waals surface area contributed by atoms with Crippen LogP contribution in [0.15, 0.2) is 18.2 Å². The van der Waals surface area contributed by atoms with Crippen molar-refractivity contribution in [3.63, 3.8) is 0 Å².